The van der Waals surface area contributed by atoms with Gasteiger partial charge >= 0.3 is 11.2 Å². The summed E-state index contributed by atoms with van der Waals surface area (Å²) >= 11 is 0. The molecule has 1 aromatic carbocycles. The van der Waals surface area contributed by atoms with E-state index in [1.165, 1.54) is 7.11 Å². The number of rotatable bonds is 4. The average Bonchev–Trinajstić information content (AvgIpc) is 2.62. The minimum absolute atomic E-state index is 0.0154. The molecule has 8 nitrogen and oxygen atoms in total. The van der Waals surface area contributed by atoms with Gasteiger partial charge in [-0.05, 0) is 23.6 Å². The van der Waals surface area contributed by atoms with Gasteiger partial charge in [0.2, 0.25) is 5.75 Å². The Bertz CT molecular complexity index is 1120. The molecule has 0 amide bonds. The third-order valence-electron chi connectivity index (χ3n) is 4.20. The third kappa shape index (κ3) is 2.86. The van der Waals surface area contributed by atoms with Crippen LogP contribution in [-0.4, -0.2) is 26.7 Å². The van der Waals surface area contributed by atoms with Gasteiger partial charge < -0.3 is 9.84 Å². The summed E-state index contributed by atoms with van der Waals surface area (Å²) < 4.78 is 20.0. The molecule has 3 rings (SSSR count). The van der Waals surface area contributed by atoms with E-state index < -0.39 is 33.6 Å². The molecule has 2 aromatic heterocycles. The second-order valence-electron chi connectivity index (χ2n) is 6.16. The van der Waals surface area contributed by atoms with Gasteiger partial charge in [-0.15, -0.1) is 0 Å². The van der Waals surface area contributed by atoms with Crippen LogP contribution in [0.1, 0.15) is 25.3 Å². The first-order valence-electron chi connectivity index (χ1n) is 8.03. The molecule has 0 unspecified atom stereocenters. The Morgan fingerprint density at radius 2 is 2.00 bits per heavy atom. The summed E-state index contributed by atoms with van der Waals surface area (Å²) in [7, 11) is 1.20. The first-order chi connectivity index (χ1) is 12.8. The Morgan fingerprint density at radius 1 is 1.33 bits per heavy atom. The fraction of sp³-hybridized carbons (Fsp3) is 0.222. The van der Waals surface area contributed by atoms with Crippen molar-refractivity contribution >= 4 is 16.7 Å². The molecule has 0 spiro atoms. The Labute approximate surface area is 152 Å². The van der Waals surface area contributed by atoms with Crippen LogP contribution in [0.4, 0.5) is 10.1 Å². The number of fused-ring (bicyclic) bond motifs is 1. The number of para-hydroxylation sites is 1. The molecular weight excluding hydrogens is 357 g/mol. The molecule has 0 bridgehead atoms. The molecule has 140 valence electrons. The zero-order chi connectivity index (χ0) is 19.9. The van der Waals surface area contributed by atoms with E-state index in [-0.39, 0.29) is 17.0 Å². The van der Waals surface area contributed by atoms with Gasteiger partial charge in [-0.3, -0.25) is 19.5 Å². The molecule has 2 heterocycles. The van der Waals surface area contributed by atoms with Gasteiger partial charge in [0.15, 0.2) is 11.5 Å². The topological polar surface area (TPSA) is 107 Å². The van der Waals surface area contributed by atoms with Gasteiger partial charge in [-0.25, -0.2) is 4.39 Å². The monoisotopic (exact) mass is 373 g/mol. The Morgan fingerprint density at radius 3 is 2.59 bits per heavy atom. The second kappa shape index (κ2) is 6.67. The van der Waals surface area contributed by atoms with Gasteiger partial charge in [0.05, 0.1) is 23.1 Å². The standard InChI is InChI=1S/C18H16FN3O5/c1-9(2)10-6-4-5-7-13(10)21-16-11(8-12(19)17(20-16)27-3)15(23)14(18(21)24)22(25)26/h4-9,23H,1-3H3. The molecule has 27 heavy (non-hydrogen) atoms. The summed E-state index contributed by atoms with van der Waals surface area (Å²) in [6.07, 6.45) is 0. The van der Waals surface area contributed by atoms with Crippen LogP contribution in [-0.2, 0) is 0 Å². The van der Waals surface area contributed by atoms with Crippen LogP contribution in [0.3, 0.4) is 0 Å². The smallest absolute Gasteiger partial charge is 0.376 e. The molecule has 0 aliphatic heterocycles. The van der Waals surface area contributed by atoms with E-state index in [2.05, 4.69) is 4.98 Å². The van der Waals surface area contributed by atoms with Crippen LogP contribution in [0, 0.1) is 15.9 Å². The fourth-order valence-electron chi connectivity index (χ4n) is 2.95. The van der Waals surface area contributed by atoms with E-state index in [1.54, 1.807) is 24.3 Å². The lowest BCUT2D eigenvalue weighted by molar-refractivity contribution is -0.387. The number of aromatic nitrogens is 2. The van der Waals surface area contributed by atoms with Crippen molar-refractivity contribution < 1.29 is 19.2 Å². The summed E-state index contributed by atoms with van der Waals surface area (Å²) in [5.74, 6) is -2.27. The van der Waals surface area contributed by atoms with Gasteiger partial charge in [-0.2, -0.15) is 4.98 Å². The number of nitro groups is 1. The minimum atomic E-state index is -1.07. The number of aromatic hydroxyl groups is 1. The lowest BCUT2D eigenvalue weighted by Crippen LogP contribution is -2.24. The van der Waals surface area contributed by atoms with E-state index >= 15 is 0 Å². The second-order valence-corrected chi connectivity index (χ2v) is 6.16. The largest absolute Gasteiger partial charge is 0.501 e. The highest BCUT2D eigenvalue weighted by Crippen LogP contribution is 2.35. The van der Waals surface area contributed by atoms with Crippen molar-refractivity contribution in [1.82, 2.24) is 9.55 Å². The number of methoxy groups -OCH3 is 1. The lowest BCUT2D eigenvalue weighted by atomic mass is 10.0. The zero-order valence-electron chi connectivity index (χ0n) is 14.8. The molecule has 0 atom stereocenters. The van der Waals surface area contributed by atoms with Gasteiger partial charge in [0.1, 0.15) is 0 Å². The number of halogens is 1. The Hall–Kier alpha value is -3.49. The van der Waals surface area contributed by atoms with Gasteiger partial charge in [0.25, 0.3) is 5.88 Å². The summed E-state index contributed by atoms with van der Waals surface area (Å²) in [6, 6.07) is 7.68. The number of ether oxygens (including phenoxy) is 1. The third-order valence-corrected chi connectivity index (χ3v) is 4.20. The van der Waals surface area contributed by atoms with Crippen molar-refractivity contribution in [3.63, 3.8) is 0 Å². The Kier molecular flexibility index (Phi) is 4.52. The van der Waals surface area contributed by atoms with Crippen molar-refractivity contribution in [3.05, 3.63) is 62.2 Å². The van der Waals surface area contributed by atoms with E-state index in [1.807, 2.05) is 13.8 Å². The van der Waals surface area contributed by atoms with Crippen molar-refractivity contribution in [3.8, 4) is 17.3 Å². The molecule has 3 aromatic rings. The number of nitrogens with zero attached hydrogens (tertiary/aromatic N) is 3. The highest BCUT2D eigenvalue weighted by molar-refractivity contribution is 5.88. The van der Waals surface area contributed by atoms with Gasteiger partial charge in [0, 0.05) is 0 Å². The number of pyridine rings is 2. The minimum Gasteiger partial charge on any atom is -0.501 e. The van der Waals surface area contributed by atoms with Crippen LogP contribution >= 0.6 is 0 Å². The Balaban J connectivity index is 2.59. The van der Waals surface area contributed by atoms with Gasteiger partial charge in [-0.1, -0.05) is 32.0 Å². The predicted molar refractivity (Wildman–Crippen MR) is 96.3 cm³/mol. The van der Waals surface area contributed by atoms with Crippen molar-refractivity contribution in [2.45, 2.75) is 19.8 Å². The highest BCUT2D eigenvalue weighted by atomic mass is 19.1. The molecule has 0 saturated carbocycles. The molecule has 0 fully saturated rings. The summed E-state index contributed by atoms with van der Waals surface area (Å²) in [5, 5.41) is 21.4. The lowest BCUT2D eigenvalue weighted by Gasteiger charge is -2.17. The van der Waals surface area contributed by atoms with Crippen molar-refractivity contribution in [1.29, 1.82) is 0 Å². The van der Waals surface area contributed by atoms with Crippen LogP contribution in [0.15, 0.2) is 35.1 Å². The summed E-state index contributed by atoms with van der Waals surface area (Å²) in [4.78, 5) is 27.3. The van der Waals surface area contributed by atoms with E-state index in [0.717, 1.165) is 16.2 Å². The van der Waals surface area contributed by atoms with Crippen LogP contribution in [0.5, 0.6) is 11.6 Å². The maximum atomic E-state index is 14.1. The molecule has 0 saturated heterocycles. The summed E-state index contributed by atoms with van der Waals surface area (Å²) in [5.41, 5.74) is -1.18. The maximum Gasteiger partial charge on any atom is 0.376 e. The first-order valence-corrected chi connectivity index (χ1v) is 8.03. The van der Waals surface area contributed by atoms with Crippen LogP contribution in [0.25, 0.3) is 16.7 Å². The number of benzene rings is 1. The summed E-state index contributed by atoms with van der Waals surface area (Å²) in [6.45, 7) is 3.79. The quantitative estimate of drug-likeness (QED) is 0.555. The zero-order valence-corrected chi connectivity index (χ0v) is 14.8. The molecule has 0 aliphatic carbocycles. The van der Waals surface area contributed by atoms with Crippen LogP contribution < -0.4 is 10.3 Å². The first kappa shape index (κ1) is 18.3. The molecular formula is C18H16FN3O5. The SMILES string of the molecule is COc1nc2c(cc1F)c(O)c([N+](=O)[O-])c(=O)n2-c1ccccc1C(C)C. The van der Waals surface area contributed by atoms with E-state index in [4.69, 9.17) is 4.74 Å². The molecule has 1 N–H and O–H groups in total. The van der Waals surface area contributed by atoms with E-state index in [0.29, 0.717) is 5.69 Å². The molecule has 9 heteroatoms. The number of hydrogen-bond donors (Lipinski definition) is 1. The number of hydrogen-bond acceptors (Lipinski definition) is 6. The van der Waals surface area contributed by atoms with E-state index in [9.17, 15) is 24.4 Å². The van der Waals surface area contributed by atoms with Crippen molar-refractivity contribution in [2.24, 2.45) is 0 Å². The normalized spacial score (nSPS) is 11.1. The van der Waals surface area contributed by atoms with Crippen LogP contribution in [0.2, 0.25) is 0 Å². The predicted octanol–water partition coefficient (Wildman–Crippen LogP) is 3.27. The fourth-order valence-corrected chi connectivity index (χ4v) is 2.95. The highest BCUT2D eigenvalue weighted by Gasteiger charge is 2.29. The average molecular weight is 373 g/mol. The molecule has 0 radical (unpaired) electrons. The van der Waals surface area contributed by atoms with Crippen molar-refractivity contribution in [2.75, 3.05) is 7.11 Å². The molecule has 0 aliphatic rings. The maximum absolute atomic E-state index is 14.1.